The first-order chi connectivity index (χ1) is 14.6. The second-order valence-electron chi connectivity index (χ2n) is 7.04. The minimum atomic E-state index is -0.846. The Hall–Kier alpha value is -3.60. The molecular formula is C25H25NO4. The summed E-state index contributed by atoms with van der Waals surface area (Å²) in [5, 5.41) is 2.65. The first-order valence-electron chi connectivity index (χ1n) is 9.83. The molecule has 0 fully saturated rings. The van der Waals surface area contributed by atoms with E-state index < -0.39 is 18.1 Å². The van der Waals surface area contributed by atoms with Crippen LogP contribution in [0.1, 0.15) is 22.3 Å². The van der Waals surface area contributed by atoms with Crippen molar-refractivity contribution in [1.82, 2.24) is 5.32 Å². The van der Waals surface area contributed by atoms with Gasteiger partial charge in [0.1, 0.15) is 19.3 Å². The molecule has 0 aliphatic heterocycles. The number of nitrogens with one attached hydrogen (secondary N) is 1. The van der Waals surface area contributed by atoms with Gasteiger partial charge >= 0.3 is 12.1 Å². The number of esters is 1. The van der Waals surface area contributed by atoms with Crippen molar-refractivity contribution in [1.29, 1.82) is 0 Å². The molecule has 1 N–H and O–H groups in total. The topological polar surface area (TPSA) is 64.6 Å². The van der Waals surface area contributed by atoms with Crippen molar-refractivity contribution in [3.05, 3.63) is 107 Å². The van der Waals surface area contributed by atoms with Crippen molar-refractivity contribution in [2.24, 2.45) is 0 Å². The van der Waals surface area contributed by atoms with Crippen molar-refractivity contribution < 1.29 is 19.1 Å². The number of carbonyl (C=O) groups is 2. The van der Waals surface area contributed by atoms with Crippen molar-refractivity contribution in [2.45, 2.75) is 32.6 Å². The molecule has 0 bridgehead atoms. The fraction of sp³-hybridized carbons (Fsp3) is 0.200. The van der Waals surface area contributed by atoms with Crippen LogP contribution >= 0.6 is 0 Å². The summed E-state index contributed by atoms with van der Waals surface area (Å²) in [6.45, 7) is 2.27. The third kappa shape index (κ3) is 6.78. The normalized spacial score (nSPS) is 11.4. The van der Waals surface area contributed by atoms with E-state index in [2.05, 4.69) is 5.32 Å². The maximum atomic E-state index is 12.7. The number of amides is 1. The highest BCUT2D eigenvalue weighted by Gasteiger charge is 2.23. The number of hydrogen-bond acceptors (Lipinski definition) is 4. The summed E-state index contributed by atoms with van der Waals surface area (Å²) in [5.74, 6) is -0.504. The van der Waals surface area contributed by atoms with E-state index in [4.69, 9.17) is 9.47 Å². The van der Waals surface area contributed by atoms with E-state index in [0.29, 0.717) is 6.42 Å². The first-order valence-corrected chi connectivity index (χ1v) is 9.83. The van der Waals surface area contributed by atoms with Crippen molar-refractivity contribution in [3.63, 3.8) is 0 Å². The zero-order valence-electron chi connectivity index (χ0n) is 16.9. The van der Waals surface area contributed by atoms with Crippen LogP contribution in [-0.4, -0.2) is 18.1 Å². The van der Waals surface area contributed by atoms with Gasteiger partial charge in [0.2, 0.25) is 0 Å². The molecule has 0 unspecified atom stereocenters. The largest absolute Gasteiger partial charge is 0.459 e. The molecule has 0 aliphatic rings. The Balaban J connectivity index is 1.60. The molecular weight excluding hydrogens is 378 g/mol. The van der Waals surface area contributed by atoms with Crippen LogP contribution < -0.4 is 5.32 Å². The van der Waals surface area contributed by atoms with Crippen LogP contribution in [0.25, 0.3) is 0 Å². The molecule has 0 saturated heterocycles. The predicted octanol–water partition coefficient (Wildman–Crippen LogP) is 4.58. The smallest absolute Gasteiger partial charge is 0.408 e. The molecule has 0 aromatic heterocycles. The monoisotopic (exact) mass is 403 g/mol. The maximum Gasteiger partial charge on any atom is 0.408 e. The zero-order chi connectivity index (χ0) is 21.2. The average molecular weight is 403 g/mol. The van der Waals surface area contributed by atoms with Crippen LogP contribution in [0.2, 0.25) is 0 Å². The second kappa shape index (κ2) is 10.8. The Labute approximate surface area is 176 Å². The molecule has 1 amide bonds. The van der Waals surface area contributed by atoms with Gasteiger partial charge in [0, 0.05) is 6.42 Å². The molecule has 0 saturated carbocycles. The quantitative estimate of drug-likeness (QED) is 0.560. The van der Waals surface area contributed by atoms with Gasteiger partial charge < -0.3 is 14.8 Å². The fourth-order valence-electron chi connectivity index (χ4n) is 2.89. The number of benzene rings is 3. The van der Waals surface area contributed by atoms with E-state index in [1.165, 1.54) is 0 Å². The van der Waals surface area contributed by atoms with Gasteiger partial charge in [-0.1, -0.05) is 90.5 Å². The molecule has 154 valence electrons. The summed E-state index contributed by atoms with van der Waals surface area (Å²) < 4.78 is 10.7. The fourth-order valence-corrected chi connectivity index (χ4v) is 2.89. The number of aryl methyl sites for hydroxylation is 1. The van der Waals surface area contributed by atoms with Gasteiger partial charge in [0.15, 0.2) is 0 Å². The molecule has 3 aromatic rings. The molecule has 0 aliphatic carbocycles. The SMILES string of the molecule is Cc1ccc(COC(=O)[C@H](Cc2ccccc2)NC(=O)OCc2ccccc2)cc1. The highest BCUT2D eigenvalue weighted by molar-refractivity contribution is 5.81. The van der Waals surface area contributed by atoms with Gasteiger partial charge in [-0.15, -0.1) is 0 Å². The Kier molecular flexibility index (Phi) is 7.61. The highest BCUT2D eigenvalue weighted by Crippen LogP contribution is 2.09. The van der Waals surface area contributed by atoms with Crippen LogP contribution in [0.5, 0.6) is 0 Å². The van der Waals surface area contributed by atoms with E-state index in [9.17, 15) is 9.59 Å². The minimum Gasteiger partial charge on any atom is -0.459 e. The lowest BCUT2D eigenvalue weighted by Gasteiger charge is -2.18. The number of hydrogen-bond donors (Lipinski definition) is 1. The molecule has 5 heteroatoms. The standard InChI is InChI=1S/C25H25NO4/c1-19-12-14-22(15-13-19)17-29-24(27)23(16-20-8-4-2-5-9-20)26-25(28)30-18-21-10-6-3-7-11-21/h2-15,23H,16-18H2,1H3,(H,26,28)/t23-/m0/s1. The molecule has 0 radical (unpaired) electrons. The van der Waals surface area contributed by atoms with Gasteiger partial charge in [0.25, 0.3) is 0 Å². The van der Waals surface area contributed by atoms with Crippen LogP contribution in [0, 0.1) is 6.92 Å². The van der Waals surface area contributed by atoms with Crippen LogP contribution in [0.3, 0.4) is 0 Å². The molecule has 3 rings (SSSR count). The highest BCUT2D eigenvalue weighted by atomic mass is 16.6. The van der Waals surface area contributed by atoms with Crippen LogP contribution in [0.4, 0.5) is 4.79 Å². The average Bonchev–Trinajstić information content (AvgIpc) is 2.78. The molecule has 3 aromatic carbocycles. The third-order valence-corrected chi connectivity index (χ3v) is 4.57. The Morgan fingerprint density at radius 1 is 0.733 bits per heavy atom. The Bertz CT molecular complexity index is 940. The maximum absolute atomic E-state index is 12.7. The molecule has 1 atom stereocenters. The van der Waals surface area contributed by atoms with Gasteiger partial charge in [-0.2, -0.15) is 0 Å². The number of rotatable bonds is 8. The van der Waals surface area contributed by atoms with Crippen molar-refractivity contribution in [3.8, 4) is 0 Å². The zero-order valence-corrected chi connectivity index (χ0v) is 16.9. The van der Waals surface area contributed by atoms with E-state index >= 15 is 0 Å². The van der Waals surface area contributed by atoms with E-state index in [1.54, 1.807) is 0 Å². The minimum absolute atomic E-state index is 0.128. The lowest BCUT2D eigenvalue weighted by Crippen LogP contribution is -2.43. The lowest BCUT2D eigenvalue weighted by atomic mass is 10.1. The van der Waals surface area contributed by atoms with E-state index in [1.807, 2.05) is 91.9 Å². The predicted molar refractivity (Wildman–Crippen MR) is 115 cm³/mol. The van der Waals surface area contributed by atoms with Crippen molar-refractivity contribution >= 4 is 12.1 Å². The summed E-state index contributed by atoms with van der Waals surface area (Å²) in [7, 11) is 0. The van der Waals surface area contributed by atoms with E-state index in [0.717, 1.165) is 22.3 Å². The first kappa shape index (κ1) is 21.1. The summed E-state index contributed by atoms with van der Waals surface area (Å²) in [4.78, 5) is 25.0. The molecule has 0 spiro atoms. The van der Waals surface area contributed by atoms with Crippen LogP contribution in [0.15, 0.2) is 84.9 Å². The second-order valence-corrected chi connectivity index (χ2v) is 7.04. The van der Waals surface area contributed by atoms with Gasteiger partial charge in [-0.25, -0.2) is 9.59 Å². The number of ether oxygens (including phenoxy) is 2. The number of carbonyl (C=O) groups excluding carboxylic acids is 2. The Morgan fingerprint density at radius 2 is 1.27 bits per heavy atom. The summed E-state index contributed by atoms with van der Waals surface area (Å²) in [6, 6.07) is 25.7. The third-order valence-electron chi connectivity index (χ3n) is 4.57. The van der Waals surface area contributed by atoms with Gasteiger partial charge in [0.05, 0.1) is 0 Å². The van der Waals surface area contributed by atoms with Crippen molar-refractivity contribution in [2.75, 3.05) is 0 Å². The van der Waals surface area contributed by atoms with E-state index in [-0.39, 0.29) is 13.2 Å². The summed E-state index contributed by atoms with van der Waals surface area (Å²) in [5.41, 5.74) is 3.81. The summed E-state index contributed by atoms with van der Waals surface area (Å²) in [6.07, 6.45) is -0.347. The molecule has 0 heterocycles. The Morgan fingerprint density at radius 3 is 1.90 bits per heavy atom. The molecule has 30 heavy (non-hydrogen) atoms. The van der Waals surface area contributed by atoms with Crippen LogP contribution in [-0.2, 0) is 33.9 Å². The van der Waals surface area contributed by atoms with Gasteiger partial charge in [-0.3, -0.25) is 0 Å². The number of alkyl carbamates (subject to hydrolysis) is 1. The summed E-state index contributed by atoms with van der Waals surface area (Å²) >= 11 is 0. The van der Waals surface area contributed by atoms with Gasteiger partial charge in [-0.05, 0) is 23.6 Å². The lowest BCUT2D eigenvalue weighted by molar-refractivity contribution is -0.147. The molecule has 5 nitrogen and oxygen atoms in total.